The monoisotopic (exact) mass is 619 g/mol. The van der Waals surface area contributed by atoms with Crippen molar-refractivity contribution in [2.45, 2.75) is 85.9 Å². The van der Waals surface area contributed by atoms with E-state index in [4.69, 9.17) is 29.2 Å². The summed E-state index contributed by atoms with van der Waals surface area (Å²) in [7, 11) is -4.56. The van der Waals surface area contributed by atoms with Gasteiger partial charge < -0.3 is 34.5 Å². The second-order valence-corrected chi connectivity index (χ2v) is 24.8. The summed E-state index contributed by atoms with van der Waals surface area (Å²) in [6.45, 7) is 27.1. The van der Waals surface area contributed by atoms with Gasteiger partial charge in [-0.2, -0.15) is 23.5 Å². The Hall–Kier alpha value is 1.07. The molecule has 0 aliphatic heterocycles. The van der Waals surface area contributed by atoms with Gasteiger partial charge in [0, 0.05) is 51.0 Å². The molecule has 12 heteroatoms. The zero-order valence-electron chi connectivity index (χ0n) is 26.2. The quantitative estimate of drug-likeness (QED) is 0.107. The lowest BCUT2D eigenvalue weighted by atomic mass is 10.5. The highest BCUT2D eigenvalue weighted by Gasteiger charge is 2.30. The minimum atomic E-state index is -1.85. The third kappa shape index (κ3) is 33.2. The second kappa shape index (κ2) is 28.6. The van der Waals surface area contributed by atoms with Crippen LogP contribution in [0.15, 0.2) is 0 Å². The van der Waals surface area contributed by atoms with Gasteiger partial charge in [0.15, 0.2) is 0 Å². The van der Waals surface area contributed by atoms with Crippen molar-refractivity contribution in [2.24, 2.45) is 11.5 Å². The molecular weight excluding hydrogens is 555 g/mol. The van der Waals surface area contributed by atoms with Gasteiger partial charge >= 0.3 is 17.1 Å². The molecule has 37 heavy (non-hydrogen) atoms. The van der Waals surface area contributed by atoms with E-state index in [0.717, 1.165) is 64.6 Å². The molecule has 7 nitrogen and oxygen atoms in total. The van der Waals surface area contributed by atoms with E-state index in [0.29, 0.717) is 0 Å². The fourth-order valence-electron chi connectivity index (χ4n) is 3.20. The molecule has 0 atom stereocenters. The highest BCUT2D eigenvalue weighted by atomic mass is 32.2. The van der Waals surface area contributed by atoms with Crippen molar-refractivity contribution in [3.8, 4) is 0 Å². The Morgan fingerprint density at radius 1 is 0.622 bits per heavy atom. The van der Waals surface area contributed by atoms with Crippen LogP contribution in [0.25, 0.3) is 0 Å². The van der Waals surface area contributed by atoms with Crippen LogP contribution in [0, 0.1) is 0 Å². The Morgan fingerprint density at radius 2 is 1.08 bits per heavy atom. The molecular formula is C25H65N3O4S2Si3. The Morgan fingerprint density at radius 3 is 1.46 bits per heavy atom. The molecule has 0 saturated carbocycles. The van der Waals surface area contributed by atoms with Crippen LogP contribution in [0.5, 0.6) is 0 Å². The molecule has 0 aliphatic carbocycles. The maximum Gasteiger partial charge on any atom is 0.335 e. The SMILES string of the molecule is CCO[Si](C)(CCCN)OCC.CCO[Si](C)(CCSCCSCC)OCC.C[Si](C)(C)CNCCN. The van der Waals surface area contributed by atoms with Gasteiger partial charge in [-0.3, -0.25) is 0 Å². The number of thioether (sulfide) groups is 2. The zero-order chi connectivity index (χ0) is 29.1. The van der Waals surface area contributed by atoms with E-state index < -0.39 is 25.2 Å². The summed E-state index contributed by atoms with van der Waals surface area (Å²) < 4.78 is 22.9. The van der Waals surface area contributed by atoms with E-state index in [1.54, 1.807) is 0 Å². The predicted octanol–water partition coefficient (Wildman–Crippen LogP) is 5.51. The van der Waals surface area contributed by atoms with Crippen molar-refractivity contribution in [1.29, 1.82) is 0 Å². The normalized spacial score (nSPS) is 12.0. The van der Waals surface area contributed by atoms with Gasteiger partial charge in [0.1, 0.15) is 0 Å². The molecule has 0 aliphatic rings. The van der Waals surface area contributed by atoms with Gasteiger partial charge in [0.05, 0.1) is 8.07 Å². The van der Waals surface area contributed by atoms with E-state index in [2.05, 4.69) is 58.8 Å². The highest BCUT2D eigenvalue weighted by molar-refractivity contribution is 8.02. The van der Waals surface area contributed by atoms with Gasteiger partial charge in [0.2, 0.25) is 0 Å². The summed E-state index contributed by atoms with van der Waals surface area (Å²) in [4.78, 5) is 0. The molecule has 0 bridgehead atoms. The van der Waals surface area contributed by atoms with Crippen molar-refractivity contribution in [1.82, 2.24) is 5.32 Å². The molecule has 0 heterocycles. The minimum absolute atomic E-state index is 0.725. The smallest absolute Gasteiger partial charge is 0.335 e. The molecule has 5 N–H and O–H groups in total. The van der Waals surface area contributed by atoms with Crippen LogP contribution < -0.4 is 16.8 Å². The number of hydrogen-bond donors (Lipinski definition) is 3. The van der Waals surface area contributed by atoms with Crippen LogP contribution in [0.2, 0.25) is 44.8 Å². The van der Waals surface area contributed by atoms with Crippen LogP contribution in [0.4, 0.5) is 0 Å². The molecule has 0 saturated heterocycles. The molecule has 0 aromatic carbocycles. The third-order valence-corrected chi connectivity index (χ3v) is 14.7. The predicted molar refractivity (Wildman–Crippen MR) is 179 cm³/mol. The Kier molecular flexibility index (Phi) is 32.9. The summed E-state index contributed by atoms with van der Waals surface area (Å²) in [5.74, 6) is 4.92. The van der Waals surface area contributed by atoms with Gasteiger partial charge in [-0.15, -0.1) is 0 Å². The van der Waals surface area contributed by atoms with Gasteiger partial charge in [-0.05, 0) is 83.5 Å². The van der Waals surface area contributed by atoms with E-state index in [1.165, 1.54) is 29.2 Å². The van der Waals surface area contributed by atoms with E-state index >= 15 is 0 Å². The molecule has 0 aromatic heterocycles. The first-order valence-corrected chi connectivity index (χ1v) is 25.3. The van der Waals surface area contributed by atoms with Gasteiger partial charge in [0.25, 0.3) is 0 Å². The van der Waals surface area contributed by atoms with E-state index in [1.807, 2.05) is 37.4 Å². The average Bonchev–Trinajstić information content (AvgIpc) is 2.81. The fourth-order valence-corrected chi connectivity index (χ4v) is 11.7. The first kappa shape index (κ1) is 42.5. The molecule has 0 spiro atoms. The average molecular weight is 620 g/mol. The van der Waals surface area contributed by atoms with E-state index in [9.17, 15) is 0 Å². The standard InChI is InChI=1S/C11H26O2S2Si.C8H21NO2Si.C6H18N2Si/c1-5-12-16(4,13-6-2)11-10-15-9-8-14-7-3;1-4-10-12(3,11-5-2)8-6-7-9;1-9(2,3)6-8-5-4-7/h5-11H2,1-4H3;4-9H2,1-3H3;8H,4-7H2,1-3H3. The number of hydrogen-bond acceptors (Lipinski definition) is 9. The summed E-state index contributed by atoms with van der Waals surface area (Å²) in [5.41, 5.74) is 10.7. The van der Waals surface area contributed by atoms with Crippen LogP contribution in [-0.4, -0.2) is 100 Å². The molecule has 0 amide bonds. The Labute approximate surface area is 243 Å². The third-order valence-electron chi connectivity index (χ3n) is 4.89. The number of nitrogens with two attached hydrogens (primary N) is 2. The maximum absolute atomic E-state index is 5.80. The Balaban J connectivity index is -0.000000490. The minimum Gasteiger partial charge on any atom is -0.395 e. The summed E-state index contributed by atoms with van der Waals surface area (Å²) >= 11 is 4.04. The number of nitrogens with one attached hydrogen (secondary N) is 1. The first-order chi connectivity index (χ1) is 17.4. The summed E-state index contributed by atoms with van der Waals surface area (Å²) in [6, 6.07) is 2.11. The lowest BCUT2D eigenvalue weighted by Crippen LogP contribution is -2.39. The fraction of sp³-hybridized carbons (Fsp3) is 1.00. The number of rotatable bonds is 22. The van der Waals surface area contributed by atoms with Crippen LogP contribution in [0.3, 0.4) is 0 Å². The van der Waals surface area contributed by atoms with Crippen molar-refractivity contribution >= 4 is 48.7 Å². The van der Waals surface area contributed by atoms with Crippen LogP contribution >= 0.6 is 23.5 Å². The van der Waals surface area contributed by atoms with Gasteiger partial charge in [-0.1, -0.05) is 26.6 Å². The molecule has 0 fully saturated rings. The molecule has 0 radical (unpaired) electrons. The van der Waals surface area contributed by atoms with Crippen molar-refractivity contribution < 1.29 is 17.7 Å². The topological polar surface area (TPSA) is 101 Å². The highest BCUT2D eigenvalue weighted by Crippen LogP contribution is 2.18. The van der Waals surface area contributed by atoms with Crippen molar-refractivity contribution in [3.63, 3.8) is 0 Å². The van der Waals surface area contributed by atoms with Gasteiger partial charge in [-0.25, -0.2) is 0 Å². The molecule has 228 valence electrons. The van der Waals surface area contributed by atoms with E-state index in [-0.39, 0.29) is 0 Å². The first-order valence-electron chi connectivity index (χ1n) is 14.2. The summed E-state index contributed by atoms with van der Waals surface area (Å²) in [5, 5.41) is 3.31. The largest absolute Gasteiger partial charge is 0.395 e. The van der Waals surface area contributed by atoms with Crippen molar-refractivity contribution in [3.05, 3.63) is 0 Å². The van der Waals surface area contributed by atoms with Crippen LogP contribution in [0.1, 0.15) is 41.0 Å². The van der Waals surface area contributed by atoms with Crippen LogP contribution in [-0.2, 0) is 17.7 Å². The Bertz CT molecular complexity index is 457. The molecule has 0 unspecified atom stereocenters. The maximum atomic E-state index is 5.80. The zero-order valence-corrected chi connectivity index (χ0v) is 30.8. The lowest BCUT2D eigenvalue weighted by Gasteiger charge is -2.25. The lowest BCUT2D eigenvalue weighted by molar-refractivity contribution is 0.188. The van der Waals surface area contributed by atoms with Crippen molar-refractivity contribution in [2.75, 3.05) is 75.2 Å². The second-order valence-electron chi connectivity index (χ2n) is 9.98. The summed E-state index contributed by atoms with van der Waals surface area (Å²) in [6.07, 6.45) is 2.19. The molecule has 0 rings (SSSR count). The molecule has 0 aromatic rings.